The lowest BCUT2D eigenvalue weighted by atomic mass is 10.1. The van der Waals surface area contributed by atoms with E-state index in [-0.39, 0.29) is 0 Å². The Bertz CT molecular complexity index is 172. The van der Waals surface area contributed by atoms with Crippen LogP contribution in [0.4, 0.5) is 0 Å². The van der Waals surface area contributed by atoms with Gasteiger partial charge in [-0.3, -0.25) is 0 Å². The second-order valence-electron chi connectivity index (χ2n) is 4.66. The molecule has 17 heavy (non-hydrogen) atoms. The summed E-state index contributed by atoms with van der Waals surface area (Å²) in [6.45, 7) is 4.73. The van der Waals surface area contributed by atoms with Gasteiger partial charge >= 0.3 is 8.03 Å². The number of hydrogen-bond donors (Lipinski definition) is 0. The second kappa shape index (κ2) is 14.1. The average Bonchev–Trinajstić information content (AvgIpc) is 2.32. The van der Waals surface area contributed by atoms with Crippen molar-refractivity contribution in [1.29, 1.82) is 0 Å². The lowest BCUT2D eigenvalue weighted by Crippen LogP contribution is -1.86. The third-order valence-corrected chi connectivity index (χ3v) is 4.19. The topological polar surface area (TPSA) is 26.3 Å². The maximum atomic E-state index is 11.2. The van der Waals surface area contributed by atoms with Gasteiger partial charge in [-0.1, -0.05) is 58.3 Å². The first-order valence-corrected chi connectivity index (χ1v) is 8.75. The van der Waals surface area contributed by atoms with Crippen LogP contribution >= 0.6 is 8.03 Å². The van der Waals surface area contributed by atoms with Gasteiger partial charge in [-0.2, -0.15) is 0 Å². The molecule has 0 aromatic heterocycles. The van der Waals surface area contributed by atoms with E-state index in [0.29, 0.717) is 6.61 Å². The second-order valence-corrected chi connectivity index (χ2v) is 6.03. The molecule has 0 aromatic rings. The highest BCUT2D eigenvalue weighted by molar-refractivity contribution is 7.39. The van der Waals surface area contributed by atoms with E-state index in [9.17, 15) is 4.57 Å². The highest BCUT2D eigenvalue weighted by Gasteiger charge is 2.14. The first-order valence-electron chi connectivity index (χ1n) is 7.38. The quantitative estimate of drug-likeness (QED) is 0.314. The van der Waals surface area contributed by atoms with E-state index in [1.54, 1.807) is 0 Å². The van der Waals surface area contributed by atoms with Crippen LogP contribution in [0.5, 0.6) is 0 Å². The molecule has 0 saturated carbocycles. The van der Waals surface area contributed by atoms with Crippen molar-refractivity contribution in [3.8, 4) is 0 Å². The van der Waals surface area contributed by atoms with Crippen LogP contribution < -0.4 is 0 Å². The largest absolute Gasteiger partial charge is 0.508 e. The summed E-state index contributed by atoms with van der Waals surface area (Å²) in [6, 6.07) is 0. The predicted octanol–water partition coefficient (Wildman–Crippen LogP) is 5.69. The minimum Gasteiger partial charge on any atom is -0.147 e. The van der Waals surface area contributed by atoms with E-state index in [4.69, 9.17) is 4.52 Å². The van der Waals surface area contributed by atoms with Crippen LogP contribution in [0.15, 0.2) is 0 Å². The molecule has 102 valence electrons. The Morgan fingerprint density at radius 1 is 0.765 bits per heavy atom. The van der Waals surface area contributed by atoms with Crippen molar-refractivity contribution in [3.63, 3.8) is 0 Å². The van der Waals surface area contributed by atoms with E-state index in [1.807, 2.05) is 6.92 Å². The summed E-state index contributed by atoms with van der Waals surface area (Å²) in [5.41, 5.74) is 0. The Morgan fingerprint density at radius 2 is 1.24 bits per heavy atom. The predicted molar refractivity (Wildman–Crippen MR) is 75.9 cm³/mol. The van der Waals surface area contributed by atoms with Crippen LogP contribution in [0, 0.1) is 0 Å². The summed E-state index contributed by atoms with van der Waals surface area (Å²) in [5.74, 6) is 0. The summed E-state index contributed by atoms with van der Waals surface area (Å²) in [4.78, 5) is 0. The molecule has 0 aliphatic rings. The zero-order valence-corrected chi connectivity index (χ0v) is 12.6. The first kappa shape index (κ1) is 17.1. The monoisotopic (exact) mass is 261 g/mol. The number of unbranched alkanes of at least 4 members (excludes halogenated alkanes) is 9. The van der Waals surface area contributed by atoms with Crippen LogP contribution in [0.3, 0.4) is 0 Å². The third kappa shape index (κ3) is 14.0. The van der Waals surface area contributed by atoms with Crippen molar-refractivity contribution in [2.75, 3.05) is 12.8 Å². The summed E-state index contributed by atoms with van der Waals surface area (Å²) >= 11 is 0. The van der Waals surface area contributed by atoms with E-state index < -0.39 is 8.03 Å². The maximum Gasteiger partial charge on any atom is 0.508 e. The van der Waals surface area contributed by atoms with Gasteiger partial charge in [-0.05, 0) is 24.3 Å². The smallest absolute Gasteiger partial charge is 0.147 e. The summed E-state index contributed by atoms with van der Waals surface area (Å²) in [5, 5.41) is 0. The zero-order chi connectivity index (χ0) is 12.8. The van der Waals surface area contributed by atoms with Gasteiger partial charge in [0.2, 0.25) is 0 Å². The molecule has 3 heteroatoms. The van der Waals surface area contributed by atoms with Gasteiger partial charge in [0, 0.05) is 0 Å². The molecule has 0 aliphatic heterocycles. The lowest BCUT2D eigenvalue weighted by Gasteiger charge is -2.00. The maximum absolute atomic E-state index is 11.2. The average molecular weight is 261 g/mol. The molecule has 0 spiro atoms. The van der Waals surface area contributed by atoms with Crippen molar-refractivity contribution >= 4 is 8.03 Å². The number of hydrogen-bond acceptors (Lipinski definition) is 2. The summed E-state index contributed by atoms with van der Waals surface area (Å²) in [6.07, 6.45) is 14.0. The fraction of sp³-hybridized carbons (Fsp3) is 1.00. The van der Waals surface area contributed by atoms with Gasteiger partial charge in [0.05, 0.1) is 6.61 Å². The van der Waals surface area contributed by atoms with Crippen LogP contribution in [0.2, 0.25) is 0 Å². The molecule has 0 fully saturated rings. The van der Waals surface area contributed by atoms with Gasteiger partial charge in [-0.15, -0.1) is 4.52 Å². The fourth-order valence-electron chi connectivity index (χ4n) is 1.94. The Kier molecular flexibility index (Phi) is 14.2. The van der Waals surface area contributed by atoms with Gasteiger partial charge in [0.1, 0.15) is 0 Å². The van der Waals surface area contributed by atoms with Gasteiger partial charge in [-0.25, -0.2) is 0 Å². The molecule has 0 bridgehead atoms. The minimum atomic E-state index is -1.37. The molecule has 1 unspecified atom stereocenters. The molecule has 0 amide bonds. The van der Waals surface area contributed by atoms with Crippen molar-refractivity contribution in [2.45, 2.75) is 78.1 Å². The lowest BCUT2D eigenvalue weighted by molar-refractivity contribution is 0.349. The molecule has 0 rings (SSSR count). The zero-order valence-electron chi connectivity index (χ0n) is 11.7. The Morgan fingerprint density at radius 3 is 1.71 bits per heavy atom. The van der Waals surface area contributed by atoms with Crippen LogP contribution in [0.25, 0.3) is 0 Å². The van der Waals surface area contributed by atoms with Crippen molar-refractivity contribution < 1.29 is 9.09 Å². The van der Waals surface area contributed by atoms with Gasteiger partial charge in [0.15, 0.2) is 6.16 Å². The minimum absolute atomic E-state index is 0.576. The van der Waals surface area contributed by atoms with Gasteiger partial charge in [0.25, 0.3) is 0 Å². The van der Waals surface area contributed by atoms with Crippen LogP contribution in [0.1, 0.15) is 78.1 Å². The molecule has 2 nitrogen and oxygen atoms in total. The fourth-order valence-corrected chi connectivity index (χ4v) is 2.84. The highest BCUT2D eigenvalue weighted by Crippen LogP contribution is 2.23. The molecule has 0 saturated heterocycles. The number of rotatable bonds is 13. The molecular formula is C14H30O2P+. The Hall–Kier alpha value is 0.0600. The van der Waals surface area contributed by atoms with Crippen molar-refractivity contribution in [1.82, 2.24) is 0 Å². The standard InChI is InChI=1S/C14H30O2P/c1-3-5-6-7-8-9-10-11-12-13-14-17(15)16-4-2/h3-14H2,1-2H3/q+1. The molecular weight excluding hydrogens is 231 g/mol. The highest BCUT2D eigenvalue weighted by atomic mass is 31.1. The van der Waals surface area contributed by atoms with Crippen molar-refractivity contribution in [3.05, 3.63) is 0 Å². The van der Waals surface area contributed by atoms with E-state index in [2.05, 4.69) is 6.92 Å². The normalized spacial score (nSPS) is 11.8. The molecule has 0 heterocycles. The molecule has 0 aliphatic carbocycles. The first-order chi connectivity index (χ1) is 8.31. The Labute approximate surface area is 108 Å². The van der Waals surface area contributed by atoms with E-state index in [0.717, 1.165) is 12.6 Å². The molecule has 0 aromatic carbocycles. The third-order valence-electron chi connectivity index (χ3n) is 2.97. The summed E-state index contributed by atoms with van der Waals surface area (Å²) < 4.78 is 16.2. The van der Waals surface area contributed by atoms with Crippen LogP contribution in [-0.4, -0.2) is 12.8 Å². The van der Waals surface area contributed by atoms with Gasteiger partial charge < -0.3 is 0 Å². The SMILES string of the molecule is CCCCCCCCCCCC[P+](=O)OCC. The molecule has 1 atom stereocenters. The van der Waals surface area contributed by atoms with Crippen molar-refractivity contribution in [2.24, 2.45) is 0 Å². The molecule has 0 N–H and O–H groups in total. The Balaban J connectivity index is 3.01. The molecule has 0 radical (unpaired) electrons. The van der Waals surface area contributed by atoms with Crippen LogP contribution in [-0.2, 0) is 9.09 Å². The van der Waals surface area contributed by atoms with E-state index in [1.165, 1.54) is 57.8 Å². The summed E-state index contributed by atoms with van der Waals surface area (Å²) in [7, 11) is -1.37. The van der Waals surface area contributed by atoms with E-state index >= 15 is 0 Å².